The highest BCUT2D eigenvalue weighted by Crippen LogP contribution is 2.34. The molecular formula is C24H32FN5O2S. The summed E-state index contributed by atoms with van der Waals surface area (Å²) in [6, 6.07) is 9.02. The number of thiocarbonyl (C=S) groups is 1. The SMILES string of the molecule is COc1cc(N2CCCC[C@H]2C)nc(NC(=S)NCC2(c3ccc(F)cc3)CCOCC2)n1. The third kappa shape index (κ3) is 5.70. The molecule has 178 valence electrons. The van der Waals surface area contributed by atoms with Gasteiger partial charge in [0.1, 0.15) is 11.6 Å². The normalized spacial score (nSPS) is 20.2. The highest BCUT2D eigenvalue weighted by Gasteiger charge is 2.34. The maximum Gasteiger partial charge on any atom is 0.234 e. The maximum atomic E-state index is 13.5. The van der Waals surface area contributed by atoms with Gasteiger partial charge < -0.3 is 25.0 Å². The summed E-state index contributed by atoms with van der Waals surface area (Å²) in [4.78, 5) is 11.4. The van der Waals surface area contributed by atoms with E-state index >= 15 is 0 Å². The van der Waals surface area contributed by atoms with Gasteiger partial charge in [-0.2, -0.15) is 9.97 Å². The van der Waals surface area contributed by atoms with Crippen LogP contribution in [0.5, 0.6) is 5.88 Å². The van der Waals surface area contributed by atoms with Gasteiger partial charge in [-0.25, -0.2) is 4.39 Å². The number of hydrogen-bond acceptors (Lipinski definition) is 6. The summed E-state index contributed by atoms with van der Waals surface area (Å²) in [6.45, 7) is 5.11. The van der Waals surface area contributed by atoms with Crippen LogP contribution in [0.3, 0.4) is 0 Å². The number of nitrogens with zero attached hydrogens (tertiary/aromatic N) is 3. The Bertz CT molecular complexity index is 952. The van der Waals surface area contributed by atoms with Gasteiger partial charge in [-0.1, -0.05) is 12.1 Å². The summed E-state index contributed by atoms with van der Waals surface area (Å²) in [5.74, 6) is 1.50. The first-order valence-electron chi connectivity index (χ1n) is 11.6. The van der Waals surface area contributed by atoms with Crippen molar-refractivity contribution in [2.24, 2.45) is 0 Å². The Morgan fingerprint density at radius 1 is 1.24 bits per heavy atom. The molecule has 9 heteroatoms. The number of ether oxygens (including phenoxy) is 2. The molecule has 2 aromatic rings. The van der Waals surface area contributed by atoms with Crippen molar-refractivity contribution in [1.29, 1.82) is 0 Å². The number of rotatable bonds is 6. The molecule has 0 unspecified atom stereocenters. The molecule has 0 aliphatic carbocycles. The van der Waals surface area contributed by atoms with E-state index in [0.717, 1.165) is 43.6 Å². The molecule has 1 aromatic carbocycles. The Labute approximate surface area is 200 Å². The van der Waals surface area contributed by atoms with Crippen molar-refractivity contribution < 1.29 is 13.9 Å². The second kappa shape index (κ2) is 10.6. The molecule has 3 heterocycles. The minimum Gasteiger partial charge on any atom is -0.481 e. The average Bonchev–Trinajstić information content (AvgIpc) is 2.84. The number of hydrogen-bond donors (Lipinski definition) is 2. The Morgan fingerprint density at radius 2 is 2.00 bits per heavy atom. The summed E-state index contributed by atoms with van der Waals surface area (Å²) in [5, 5.41) is 6.90. The highest BCUT2D eigenvalue weighted by molar-refractivity contribution is 7.80. The predicted octanol–water partition coefficient (Wildman–Crippen LogP) is 4.04. The fraction of sp³-hybridized carbons (Fsp3) is 0.542. The summed E-state index contributed by atoms with van der Waals surface area (Å²) in [5.41, 5.74) is 0.905. The molecule has 2 fully saturated rings. The van der Waals surface area contributed by atoms with E-state index in [2.05, 4.69) is 27.4 Å². The molecule has 0 bridgehead atoms. The van der Waals surface area contributed by atoms with Gasteiger partial charge >= 0.3 is 0 Å². The molecule has 2 saturated heterocycles. The Balaban J connectivity index is 1.46. The van der Waals surface area contributed by atoms with Crippen LogP contribution in [0.1, 0.15) is 44.6 Å². The molecule has 2 aliphatic heterocycles. The molecule has 2 N–H and O–H groups in total. The summed E-state index contributed by atoms with van der Waals surface area (Å²) >= 11 is 5.58. The number of aromatic nitrogens is 2. The quantitative estimate of drug-likeness (QED) is 0.610. The molecular weight excluding hydrogens is 441 g/mol. The smallest absolute Gasteiger partial charge is 0.234 e. The first-order chi connectivity index (χ1) is 16.0. The van der Waals surface area contributed by atoms with Crippen LogP contribution in [-0.4, -0.2) is 54.5 Å². The molecule has 1 aromatic heterocycles. The monoisotopic (exact) mass is 473 g/mol. The lowest BCUT2D eigenvalue weighted by Gasteiger charge is -2.38. The minimum absolute atomic E-state index is 0.179. The number of halogens is 1. The second-order valence-electron chi connectivity index (χ2n) is 8.84. The Morgan fingerprint density at radius 3 is 2.70 bits per heavy atom. The van der Waals surface area contributed by atoms with Crippen molar-refractivity contribution in [3.8, 4) is 5.88 Å². The van der Waals surface area contributed by atoms with E-state index in [1.165, 1.54) is 18.6 Å². The number of benzene rings is 1. The zero-order chi connectivity index (χ0) is 23.3. The highest BCUT2D eigenvalue weighted by atomic mass is 32.1. The summed E-state index contributed by atoms with van der Waals surface area (Å²) in [7, 11) is 1.60. The van der Waals surface area contributed by atoms with Crippen LogP contribution in [0.4, 0.5) is 16.2 Å². The van der Waals surface area contributed by atoms with Gasteiger partial charge in [0, 0.05) is 43.8 Å². The molecule has 2 aliphatic rings. The van der Waals surface area contributed by atoms with Crippen LogP contribution in [-0.2, 0) is 10.2 Å². The molecule has 4 rings (SSSR count). The van der Waals surface area contributed by atoms with Gasteiger partial charge in [-0.05, 0) is 68.9 Å². The fourth-order valence-electron chi connectivity index (χ4n) is 4.69. The zero-order valence-electron chi connectivity index (χ0n) is 19.3. The van der Waals surface area contributed by atoms with E-state index in [-0.39, 0.29) is 11.2 Å². The van der Waals surface area contributed by atoms with Crippen LogP contribution in [0.2, 0.25) is 0 Å². The maximum absolute atomic E-state index is 13.5. The van der Waals surface area contributed by atoms with Crippen LogP contribution < -0.4 is 20.3 Å². The third-order valence-corrected chi connectivity index (χ3v) is 6.96. The van der Waals surface area contributed by atoms with Crippen LogP contribution >= 0.6 is 12.2 Å². The van der Waals surface area contributed by atoms with Crippen molar-refractivity contribution in [1.82, 2.24) is 15.3 Å². The van der Waals surface area contributed by atoms with E-state index in [9.17, 15) is 4.39 Å². The Kier molecular flexibility index (Phi) is 7.60. The molecule has 1 atom stereocenters. The molecule has 0 spiro atoms. The van der Waals surface area contributed by atoms with Crippen molar-refractivity contribution in [3.05, 3.63) is 41.7 Å². The van der Waals surface area contributed by atoms with Crippen molar-refractivity contribution in [3.63, 3.8) is 0 Å². The van der Waals surface area contributed by atoms with Gasteiger partial charge in [0.05, 0.1) is 7.11 Å². The van der Waals surface area contributed by atoms with Crippen LogP contribution in [0.25, 0.3) is 0 Å². The second-order valence-corrected chi connectivity index (χ2v) is 9.25. The van der Waals surface area contributed by atoms with Gasteiger partial charge in [-0.15, -0.1) is 0 Å². The standard InChI is InChI=1S/C24H32FN5O2S/c1-17-5-3-4-12-30(17)20-15-21(31-2)28-22(27-20)29-23(33)26-16-24(10-13-32-14-11-24)18-6-8-19(25)9-7-18/h6-9,15,17H,3-5,10-14,16H2,1-2H3,(H2,26,27,28,29,33)/t17-/m1/s1. The van der Waals surface area contributed by atoms with Gasteiger partial charge in [-0.3, -0.25) is 0 Å². The van der Waals surface area contributed by atoms with Crippen molar-refractivity contribution in [2.45, 2.75) is 50.5 Å². The van der Waals surface area contributed by atoms with Crippen LogP contribution in [0.15, 0.2) is 30.3 Å². The summed E-state index contributed by atoms with van der Waals surface area (Å²) < 4.78 is 24.5. The molecule has 0 amide bonds. The number of nitrogens with one attached hydrogen (secondary N) is 2. The zero-order valence-corrected chi connectivity index (χ0v) is 20.1. The van der Waals surface area contributed by atoms with Gasteiger partial charge in [0.15, 0.2) is 5.11 Å². The molecule has 0 saturated carbocycles. The van der Waals surface area contributed by atoms with E-state index in [4.69, 9.17) is 26.7 Å². The number of anilines is 2. The first-order valence-corrected chi connectivity index (χ1v) is 12.0. The largest absolute Gasteiger partial charge is 0.481 e. The van der Waals surface area contributed by atoms with E-state index in [0.29, 0.717) is 42.7 Å². The Hall–Kier alpha value is -2.52. The lowest BCUT2D eigenvalue weighted by molar-refractivity contribution is 0.0515. The minimum atomic E-state index is -0.236. The lowest BCUT2D eigenvalue weighted by Crippen LogP contribution is -2.45. The molecule has 0 radical (unpaired) electrons. The van der Waals surface area contributed by atoms with Crippen LogP contribution in [0, 0.1) is 5.82 Å². The predicted molar refractivity (Wildman–Crippen MR) is 132 cm³/mol. The molecule has 33 heavy (non-hydrogen) atoms. The summed E-state index contributed by atoms with van der Waals surface area (Å²) in [6.07, 6.45) is 5.19. The van der Waals surface area contributed by atoms with Crippen molar-refractivity contribution >= 4 is 29.1 Å². The van der Waals surface area contributed by atoms with E-state index in [1.54, 1.807) is 7.11 Å². The van der Waals surface area contributed by atoms with E-state index in [1.807, 2.05) is 18.2 Å². The first kappa shape index (κ1) is 23.6. The van der Waals surface area contributed by atoms with Gasteiger partial charge in [0.25, 0.3) is 0 Å². The van der Waals surface area contributed by atoms with Gasteiger partial charge in [0.2, 0.25) is 11.8 Å². The number of piperidine rings is 1. The number of methoxy groups -OCH3 is 1. The average molecular weight is 474 g/mol. The third-order valence-electron chi connectivity index (χ3n) is 6.71. The molecule has 7 nitrogen and oxygen atoms in total. The fourth-order valence-corrected chi connectivity index (χ4v) is 4.85. The lowest BCUT2D eigenvalue weighted by atomic mass is 9.74. The van der Waals surface area contributed by atoms with E-state index < -0.39 is 0 Å². The van der Waals surface area contributed by atoms with Crippen molar-refractivity contribution in [2.75, 3.05) is 43.6 Å². The topological polar surface area (TPSA) is 71.5 Å².